The number of Topliss-reactive ketones (excluding diaryl/α,β-unsaturated/α-hetero) is 1. The molecule has 0 radical (unpaired) electrons. The number of aromatic nitrogens is 3. The third-order valence-electron chi connectivity index (χ3n) is 5.76. The number of benzene rings is 2. The molecular weight excluding hydrogens is 763 g/mol. The van der Waals surface area contributed by atoms with Crippen molar-refractivity contribution in [2.75, 3.05) is 7.11 Å². The van der Waals surface area contributed by atoms with E-state index in [2.05, 4.69) is 30.9 Å². The zero-order valence-electron chi connectivity index (χ0n) is 27.9. The van der Waals surface area contributed by atoms with Crippen molar-refractivity contribution >= 4 is 11.4 Å². The van der Waals surface area contributed by atoms with Gasteiger partial charge in [0.2, 0.25) is 0 Å². The number of hydrogen-bond acceptors (Lipinski definition) is 4. The van der Waals surface area contributed by atoms with Crippen LogP contribution in [0.4, 0.5) is 4.39 Å². The van der Waals surface area contributed by atoms with Crippen LogP contribution in [0.1, 0.15) is 100 Å². The van der Waals surface area contributed by atoms with Gasteiger partial charge in [0, 0.05) is 24.2 Å². The zero-order chi connectivity index (χ0) is 32.1. The molecule has 0 fully saturated rings. The molecule has 2 aromatic carbocycles. The number of halogens is 1. The normalized spacial score (nSPS) is 9.40. The van der Waals surface area contributed by atoms with Crippen LogP contribution >= 0.6 is 0 Å². The summed E-state index contributed by atoms with van der Waals surface area (Å²) in [5.74, 6) is 0.752. The van der Waals surface area contributed by atoms with Gasteiger partial charge in [-0.15, -0.1) is 0 Å². The van der Waals surface area contributed by atoms with E-state index in [1.807, 2.05) is 71.9 Å². The molecule has 4 aromatic rings. The maximum atomic E-state index is 12.6. The topological polar surface area (TPSA) is 56.5 Å². The molecule has 4 rings (SSSR count). The first-order valence-electron chi connectivity index (χ1n) is 15.0. The van der Waals surface area contributed by atoms with Crippen molar-refractivity contribution in [1.82, 2.24) is 14.6 Å². The number of carbonyl (C=O) groups is 1. The minimum atomic E-state index is -0.116. The van der Waals surface area contributed by atoms with Crippen molar-refractivity contribution in [3.63, 3.8) is 0 Å². The molecule has 7 heteroatoms. The average molecular weight is 816 g/mol. The number of ether oxygens (including phenoxy) is 1. The standard InChI is InChI=1S/C18H19N3O2.C8H9F.C5H11.C3H7.C2H6.U/c1-4-5-16(22)14-11-18-19-9-8-15(21(18)20-14)13-7-6-12(2)17(10-13)23-3;1-6-3-4-7(2)8(9)5-6;1-3-5-4-2;1-3-2;1-2;/h6-11H,4-5H2,1-3H3;3-5H,1-2H3;1,3-5H2,2H3;1,3H2,2H3;1-2H3;/q;;2*-1;;+2. The SMILES string of the molecule is CC.CCCC(=O)c1cc2nccc(-c3ccc(C)c(OC)c3)n2n1.Cc1ccc(C)c(F)c1.[CH2-]CC.[CH2-]CCCC.[U+2]. The van der Waals surface area contributed by atoms with Gasteiger partial charge < -0.3 is 18.6 Å². The van der Waals surface area contributed by atoms with Crippen LogP contribution in [0.15, 0.2) is 54.7 Å². The Bertz CT molecular complexity index is 1320. The van der Waals surface area contributed by atoms with E-state index in [4.69, 9.17) is 4.74 Å². The van der Waals surface area contributed by atoms with Gasteiger partial charge in [-0.05, 0) is 62.1 Å². The molecule has 2 aromatic heterocycles. The van der Waals surface area contributed by atoms with Crippen LogP contribution in [0, 0.1) is 71.5 Å². The second-order valence-electron chi connectivity index (χ2n) is 9.45. The summed E-state index contributed by atoms with van der Waals surface area (Å²) in [5, 5.41) is 4.45. The fourth-order valence-corrected chi connectivity index (χ4v) is 3.53. The number of methoxy groups -OCH3 is 1. The number of carbonyl (C=O) groups excluding carboxylic acids is 1. The molecule has 0 aliphatic heterocycles. The van der Waals surface area contributed by atoms with Crippen LogP contribution < -0.4 is 4.74 Å². The van der Waals surface area contributed by atoms with Gasteiger partial charge in [-0.2, -0.15) is 17.9 Å². The number of ketones is 1. The molecule has 0 saturated heterocycles. The van der Waals surface area contributed by atoms with Crippen molar-refractivity contribution in [2.45, 2.75) is 93.9 Å². The number of nitrogens with zero attached hydrogens (tertiary/aromatic N) is 3. The Morgan fingerprint density at radius 3 is 2.05 bits per heavy atom. The fraction of sp³-hybridized carbons (Fsp3) is 0.417. The summed E-state index contributed by atoms with van der Waals surface area (Å²) >= 11 is 0. The summed E-state index contributed by atoms with van der Waals surface area (Å²) in [4.78, 5) is 16.4. The molecule has 0 atom stereocenters. The van der Waals surface area contributed by atoms with Gasteiger partial charge in [-0.1, -0.05) is 71.7 Å². The number of fused-ring (bicyclic) bond motifs is 1. The third-order valence-corrected chi connectivity index (χ3v) is 5.76. The van der Waals surface area contributed by atoms with E-state index in [1.54, 1.807) is 36.9 Å². The molecule has 0 N–H and O–H groups in total. The second kappa shape index (κ2) is 24.9. The molecule has 0 aliphatic carbocycles. The first kappa shape index (κ1) is 42.6. The molecular formula is C36H52FN3O2U. The van der Waals surface area contributed by atoms with Gasteiger partial charge in [-0.25, -0.2) is 13.9 Å². The Labute approximate surface area is 284 Å². The summed E-state index contributed by atoms with van der Waals surface area (Å²) in [7, 11) is 1.66. The van der Waals surface area contributed by atoms with Crippen molar-refractivity contribution < 1.29 is 45.0 Å². The van der Waals surface area contributed by atoms with E-state index in [1.165, 1.54) is 18.9 Å². The summed E-state index contributed by atoms with van der Waals surface area (Å²) in [6.07, 6.45) is 7.69. The van der Waals surface area contributed by atoms with E-state index < -0.39 is 0 Å². The molecule has 0 spiro atoms. The summed E-state index contributed by atoms with van der Waals surface area (Å²) < 4.78 is 19.7. The van der Waals surface area contributed by atoms with Crippen LogP contribution in [0.3, 0.4) is 0 Å². The smallest absolute Gasteiger partial charge is 0.496 e. The Kier molecular flexibility index (Phi) is 24.7. The molecule has 0 bridgehead atoms. The predicted octanol–water partition coefficient (Wildman–Crippen LogP) is 10.4. The third kappa shape index (κ3) is 15.2. The first-order valence-corrected chi connectivity index (χ1v) is 15.0. The first-order chi connectivity index (χ1) is 20.2. The average Bonchev–Trinajstić information content (AvgIpc) is 3.43. The summed E-state index contributed by atoms with van der Waals surface area (Å²) in [5.41, 5.74) is 5.73. The van der Waals surface area contributed by atoms with Crippen molar-refractivity contribution in [3.05, 3.63) is 96.8 Å². The Hall–Kier alpha value is -2.49. The van der Waals surface area contributed by atoms with Crippen molar-refractivity contribution in [1.29, 1.82) is 0 Å². The number of rotatable bonds is 7. The second-order valence-corrected chi connectivity index (χ2v) is 9.45. The molecule has 43 heavy (non-hydrogen) atoms. The number of unbranched alkanes of at least 4 members (excludes halogenated alkanes) is 2. The Morgan fingerprint density at radius 2 is 1.56 bits per heavy atom. The van der Waals surface area contributed by atoms with Gasteiger partial charge in [0.05, 0.1) is 12.8 Å². The van der Waals surface area contributed by atoms with E-state index in [9.17, 15) is 9.18 Å². The zero-order valence-corrected chi connectivity index (χ0v) is 32.1. The van der Waals surface area contributed by atoms with Gasteiger partial charge in [-0.3, -0.25) is 4.79 Å². The minimum absolute atomic E-state index is 0. The maximum absolute atomic E-state index is 12.6. The summed E-state index contributed by atoms with van der Waals surface area (Å²) in [6, 6.07) is 14.8. The minimum Gasteiger partial charge on any atom is -0.496 e. The molecule has 0 saturated carbocycles. The summed E-state index contributed by atoms with van der Waals surface area (Å²) in [6.45, 7) is 23.0. The van der Waals surface area contributed by atoms with E-state index in [0.29, 0.717) is 23.3 Å². The van der Waals surface area contributed by atoms with Gasteiger partial charge in [0.25, 0.3) is 0 Å². The molecule has 0 aliphatic rings. The van der Waals surface area contributed by atoms with Crippen LogP contribution in [0.2, 0.25) is 0 Å². The quantitative estimate of drug-likeness (QED) is 0.138. The molecule has 5 nitrogen and oxygen atoms in total. The van der Waals surface area contributed by atoms with Gasteiger partial charge in [0.1, 0.15) is 17.3 Å². The Morgan fingerprint density at radius 1 is 0.930 bits per heavy atom. The van der Waals surface area contributed by atoms with E-state index in [-0.39, 0.29) is 42.7 Å². The van der Waals surface area contributed by atoms with Crippen LogP contribution in [-0.4, -0.2) is 27.5 Å². The van der Waals surface area contributed by atoms with Gasteiger partial charge >= 0.3 is 31.1 Å². The van der Waals surface area contributed by atoms with Crippen LogP contribution in [0.5, 0.6) is 5.75 Å². The molecule has 0 unspecified atom stereocenters. The fourth-order valence-electron chi connectivity index (χ4n) is 3.53. The van der Waals surface area contributed by atoms with E-state index in [0.717, 1.165) is 47.4 Å². The molecule has 0 amide bonds. The molecule has 2 heterocycles. The van der Waals surface area contributed by atoms with E-state index >= 15 is 0 Å². The molecule has 234 valence electrons. The number of hydrogen-bond donors (Lipinski definition) is 0. The van der Waals surface area contributed by atoms with Crippen LogP contribution in [-0.2, 0) is 0 Å². The Balaban J connectivity index is 0. The monoisotopic (exact) mass is 815 g/mol. The van der Waals surface area contributed by atoms with Crippen LogP contribution in [0.25, 0.3) is 16.9 Å². The van der Waals surface area contributed by atoms with Crippen molar-refractivity contribution in [3.8, 4) is 17.0 Å². The van der Waals surface area contributed by atoms with Crippen molar-refractivity contribution in [2.24, 2.45) is 0 Å². The largest absolute Gasteiger partial charge is 2.00 e. The number of aryl methyl sites for hydroxylation is 3. The van der Waals surface area contributed by atoms with Gasteiger partial charge in [0.15, 0.2) is 11.4 Å². The predicted molar refractivity (Wildman–Crippen MR) is 177 cm³/mol. The maximum Gasteiger partial charge on any atom is 2.00 e.